The first-order valence-electron chi connectivity index (χ1n) is 3.12. The molecule has 1 aromatic heterocycles. The summed E-state index contributed by atoms with van der Waals surface area (Å²) in [6.45, 7) is 2.26. The van der Waals surface area contributed by atoms with Gasteiger partial charge >= 0.3 is 0 Å². The van der Waals surface area contributed by atoms with Crippen LogP contribution in [-0.2, 0) is 10.8 Å². The Labute approximate surface area is 71.3 Å². The fourth-order valence-electron chi connectivity index (χ4n) is 0.565. The third-order valence-electron chi connectivity index (χ3n) is 1.01. The van der Waals surface area contributed by atoms with Crippen LogP contribution in [0.3, 0.4) is 0 Å². The summed E-state index contributed by atoms with van der Waals surface area (Å²) in [5, 5.41) is 8.34. The molecule has 11 heavy (non-hydrogen) atoms. The number of nitrogens with two attached hydrogens (primary N) is 1. The largest absolute Gasteiger partial charge is 0.330 e. The Kier molecular flexibility index (Phi) is 3.10. The van der Waals surface area contributed by atoms with Gasteiger partial charge in [-0.1, -0.05) is 11.3 Å². The van der Waals surface area contributed by atoms with Gasteiger partial charge in [0, 0.05) is 12.3 Å². The molecule has 2 N–H and O–H groups in total. The van der Waals surface area contributed by atoms with E-state index in [9.17, 15) is 4.21 Å². The zero-order valence-corrected chi connectivity index (χ0v) is 7.74. The summed E-state index contributed by atoms with van der Waals surface area (Å²) in [4.78, 5) is 0. The van der Waals surface area contributed by atoms with Crippen molar-refractivity contribution in [3.8, 4) is 0 Å². The molecule has 0 radical (unpaired) electrons. The van der Waals surface area contributed by atoms with Crippen LogP contribution >= 0.6 is 11.3 Å². The van der Waals surface area contributed by atoms with Gasteiger partial charge in [0.05, 0.1) is 10.8 Å². The Morgan fingerprint density at radius 2 is 2.36 bits per heavy atom. The predicted octanol–water partition coefficient (Wildman–Crippen LogP) is -0.0872. The van der Waals surface area contributed by atoms with Gasteiger partial charge in [-0.25, -0.2) is 0 Å². The summed E-state index contributed by atoms with van der Waals surface area (Å²) in [5.41, 5.74) is 5.24. The van der Waals surface area contributed by atoms with E-state index in [1.807, 2.05) is 6.92 Å². The van der Waals surface area contributed by atoms with E-state index in [1.165, 1.54) is 11.3 Å². The number of hydrogen-bond acceptors (Lipinski definition) is 5. The van der Waals surface area contributed by atoms with Crippen LogP contribution in [0.4, 0.5) is 0 Å². The molecule has 1 rings (SSSR count). The van der Waals surface area contributed by atoms with Crippen molar-refractivity contribution in [3.05, 3.63) is 5.01 Å². The molecule has 1 aromatic rings. The maximum absolute atomic E-state index is 11.2. The fraction of sp³-hybridized carbons (Fsp3) is 0.600. The highest BCUT2D eigenvalue weighted by Gasteiger charge is 2.07. The van der Waals surface area contributed by atoms with Crippen LogP contribution in [0.2, 0.25) is 0 Å². The first-order valence-corrected chi connectivity index (χ1v) is 5.26. The van der Waals surface area contributed by atoms with Gasteiger partial charge in [0.2, 0.25) is 4.34 Å². The minimum atomic E-state index is -1.04. The zero-order valence-electron chi connectivity index (χ0n) is 6.11. The molecule has 1 atom stereocenters. The van der Waals surface area contributed by atoms with Gasteiger partial charge < -0.3 is 5.73 Å². The first kappa shape index (κ1) is 8.76. The number of nitrogens with zero attached hydrogens (tertiary/aromatic N) is 2. The van der Waals surface area contributed by atoms with E-state index >= 15 is 0 Å². The lowest BCUT2D eigenvalue weighted by atomic mass is 10.8. The van der Waals surface area contributed by atoms with Crippen molar-refractivity contribution < 1.29 is 4.21 Å². The maximum atomic E-state index is 11.2. The molecule has 4 nitrogen and oxygen atoms in total. The topological polar surface area (TPSA) is 68.9 Å². The van der Waals surface area contributed by atoms with Gasteiger partial charge in [0.25, 0.3) is 0 Å². The molecule has 0 aliphatic heterocycles. The lowest BCUT2D eigenvalue weighted by molar-refractivity contribution is 0.681. The summed E-state index contributed by atoms with van der Waals surface area (Å²) < 4.78 is 11.8. The van der Waals surface area contributed by atoms with Crippen molar-refractivity contribution in [2.75, 3.05) is 12.3 Å². The first-order chi connectivity index (χ1) is 5.24. The van der Waals surface area contributed by atoms with Crippen LogP contribution in [0.1, 0.15) is 5.01 Å². The van der Waals surface area contributed by atoms with E-state index in [4.69, 9.17) is 5.73 Å². The number of rotatable bonds is 3. The quantitative estimate of drug-likeness (QED) is 0.725. The Balaban J connectivity index is 2.69. The second-order valence-corrected chi connectivity index (χ2v) is 4.85. The van der Waals surface area contributed by atoms with Crippen molar-refractivity contribution in [2.45, 2.75) is 11.3 Å². The third kappa shape index (κ3) is 2.32. The van der Waals surface area contributed by atoms with E-state index in [1.54, 1.807) is 0 Å². The molecule has 0 aliphatic rings. The number of aryl methyl sites for hydroxylation is 1. The molecule has 0 saturated carbocycles. The van der Waals surface area contributed by atoms with Crippen molar-refractivity contribution >= 4 is 22.1 Å². The van der Waals surface area contributed by atoms with E-state index in [-0.39, 0.29) is 0 Å². The maximum Gasteiger partial charge on any atom is 0.204 e. The van der Waals surface area contributed by atoms with E-state index < -0.39 is 10.8 Å². The average molecular weight is 191 g/mol. The monoisotopic (exact) mass is 191 g/mol. The average Bonchev–Trinajstić information content (AvgIpc) is 2.36. The summed E-state index contributed by atoms with van der Waals surface area (Å²) in [6.07, 6.45) is 0. The van der Waals surface area contributed by atoms with Gasteiger partial charge in [-0.05, 0) is 6.92 Å². The normalized spacial score (nSPS) is 13.3. The number of hydrogen-bond donors (Lipinski definition) is 1. The minimum Gasteiger partial charge on any atom is -0.330 e. The Morgan fingerprint density at radius 1 is 1.64 bits per heavy atom. The summed E-state index contributed by atoms with van der Waals surface area (Å²) in [5.74, 6) is 0.467. The fourth-order valence-corrected chi connectivity index (χ4v) is 2.48. The minimum absolute atomic E-state index is 0.422. The molecule has 0 spiro atoms. The van der Waals surface area contributed by atoms with Crippen molar-refractivity contribution in [2.24, 2.45) is 5.73 Å². The SMILES string of the molecule is Cc1nnc(S(=O)CCN)s1. The van der Waals surface area contributed by atoms with Gasteiger partial charge in [-0.3, -0.25) is 4.21 Å². The van der Waals surface area contributed by atoms with Crippen LogP contribution in [0.25, 0.3) is 0 Å². The van der Waals surface area contributed by atoms with Crippen LogP contribution < -0.4 is 5.73 Å². The summed E-state index contributed by atoms with van der Waals surface area (Å²) in [7, 11) is -1.04. The highest BCUT2D eigenvalue weighted by Crippen LogP contribution is 2.11. The van der Waals surface area contributed by atoms with Crippen LogP contribution in [0.15, 0.2) is 4.34 Å². The molecule has 0 aromatic carbocycles. The highest BCUT2D eigenvalue weighted by molar-refractivity contribution is 7.87. The lowest BCUT2D eigenvalue weighted by Gasteiger charge is -1.90. The molecular formula is C5H9N3OS2. The molecule has 0 aliphatic carbocycles. The smallest absolute Gasteiger partial charge is 0.204 e. The second-order valence-electron chi connectivity index (χ2n) is 1.93. The van der Waals surface area contributed by atoms with Crippen LogP contribution in [0.5, 0.6) is 0 Å². The highest BCUT2D eigenvalue weighted by atomic mass is 32.2. The van der Waals surface area contributed by atoms with E-state index in [0.29, 0.717) is 16.6 Å². The number of aromatic nitrogens is 2. The molecule has 0 amide bonds. The molecule has 1 heterocycles. The van der Waals surface area contributed by atoms with Crippen LogP contribution in [0, 0.1) is 6.92 Å². The van der Waals surface area contributed by atoms with Crippen LogP contribution in [-0.4, -0.2) is 26.7 Å². The zero-order chi connectivity index (χ0) is 8.27. The second kappa shape index (κ2) is 3.89. The van der Waals surface area contributed by atoms with Crippen molar-refractivity contribution in [3.63, 3.8) is 0 Å². The summed E-state index contributed by atoms with van der Waals surface area (Å²) in [6, 6.07) is 0. The molecule has 1 unspecified atom stereocenters. The van der Waals surface area contributed by atoms with Gasteiger partial charge in [-0.2, -0.15) is 0 Å². The molecule has 6 heteroatoms. The standard InChI is InChI=1S/C5H9N3OS2/c1-4-7-8-5(10-4)11(9)3-2-6/h2-3,6H2,1H3. The Morgan fingerprint density at radius 3 is 2.82 bits per heavy atom. The molecule has 0 fully saturated rings. The Hall–Kier alpha value is -0.330. The van der Waals surface area contributed by atoms with E-state index in [0.717, 1.165) is 5.01 Å². The van der Waals surface area contributed by atoms with Gasteiger partial charge in [0.1, 0.15) is 5.01 Å². The van der Waals surface area contributed by atoms with Crippen molar-refractivity contribution in [1.29, 1.82) is 0 Å². The lowest BCUT2D eigenvalue weighted by Crippen LogP contribution is -2.10. The molecule has 62 valence electrons. The molecule has 0 bridgehead atoms. The third-order valence-corrected chi connectivity index (χ3v) is 3.52. The molecular weight excluding hydrogens is 182 g/mol. The van der Waals surface area contributed by atoms with E-state index in [2.05, 4.69) is 10.2 Å². The Bertz CT molecular complexity index is 260. The van der Waals surface area contributed by atoms with Gasteiger partial charge in [0.15, 0.2) is 0 Å². The molecule has 0 saturated heterocycles. The van der Waals surface area contributed by atoms with Crippen molar-refractivity contribution in [1.82, 2.24) is 10.2 Å². The summed E-state index contributed by atoms with van der Waals surface area (Å²) >= 11 is 1.36. The predicted molar refractivity (Wildman–Crippen MR) is 45.0 cm³/mol. The van der Waals surface area contributed by atoms with Gasteiger partial charge in [-0.15, -0.1) is 10.2 Å².